The molecule has 0 unspecified atom stereocenters. The Kier molecular flexibility index (Phi) is 12.7. The molecule has 0 spiro atoms. The van der Waals surface area contributed by atoms with Gasteiger partial charge in [0.2, 0.25) is 5.78 Å². The number of ketones is 1. The van der Waals surface area contributed by atoms with E-state index in [9.17, 15) is 4.79 Å². The van der Waals surface area contributed by atoms with E-state index in [1.165, 1.54) is 0 Å². The Bertz CT molecular complexity index is 1150. The number of rotatable bonds is 4. The maximum absolute atomic E-state index is 12.8. The maximum Gasteiger partial charge on any atom is 2.00 e. The Morgan fingerprint density at radius 2 is 0.838 bits per heavy atom. The smallest absolute Gasteiger partial charge is 0.285 e. The fourth-order valence-electron chi connectivity index (χ4n) is 2.57. The number of hydrogen-bond donors (Lipinski definition) is 0. The molecular formula is C21H14Cl2CuN4O9. The van der Waals surface area contributed by atoms with Crippen LogP contribution in [0.5, 0.6) is 0 Å². The Labute approximate surface area is 224 Å². The molecule has 0 saturated carbocycles. The molecule has 16 heteroatoms. The first-order valence-corrected chi connectivity index (χ1v) is 11.8. The summed E-state index contributed by atoms with van der Waals surface area (Å²) >= 11 is 0. The van der Waals surface area contributed by atoms with Crippen LogP contribution in [0, 0.1) is 20.5 Å². The molecule has 0 amide bonds. The van der Waals surface area contributed by atoms with Gasteiger partial charge in [0.1, 0.15) is 11.4 Å². The average Bonchev–Trinajstić information content (AvgIpc) is 2.83. The Morgan fingerprint density at radius 1 is 0.514 bits per heavy atom. The first-order valence-electron chi connectivity index (χ1n) is 9.36. The third kappa shape index (κ3) is 13.2. The number of carbonyl (C=O) groups is 1. The molecule has 0 saturated heterocycles. The van der Waals surface area contributed by atoms with Crippen LogP contribution in [-0.4, -0.2) is 25.7 Å². The van der Waals surface area contributed by atoms with Gasteiger partial charge < -0.3 is 0 Å². The van der Waals surface area contributed by atoms with Gasteiger partial charge >= 0.3 is 17.1 Å². The largest absolute Gasteiger partial charge is 2.00 e. The molecule has 37 heavy (non-hydrogen) atoms. The zero-order chi connectivity index (χ0) is 26.8. The summed E-state index contributed by atoms with van der Waals surface area (Å²) < 4.78 is 67.9. The van der Waals surface area contributed by atoms with Gasteiger partial charge in [-0.2, -0.15) is 0 Å². The van der Waals surface area contributed by atoms with Crippen LogP contribution in [0.25, 0.3) is 22.8 Å². The number of hydrogen-bond acceptors (Lipinski definition) is 13. The van der Waals surface area contributed by atoms with Gasteiger partial charge in [-0.05, 0) is 48.5 Å². The molecule has 4 aromatic rings. The summed E-state index contributed by atoms with van der Waals surface area (Å²) in [5.41, 5.74) is 3.40. The monoisotopic (exact) mass is 599 g/mol. The fourth-order valence-corrected chi connectivity index (χ4v) is 2.57. The molecule has 0 aliphatic carbocycles. The maximum atomic E-state index is 12.8. The summed E-state index contributed by atoms with van der Waals surface area (Å²) in [5.74, 6) is -0.236. The third-order valence-corrected chi connectivity index (χ3v) is 3.82. The summed E-state index contributed by atoms with van der Waals surface area (Å²) in [5, 5.41) is 0. The van der Waals surface area contributed by atoms with Gasteiger partial charge in [0.15, 0.2) is 0 Å². The molecule has 13 nitrogen and oxygen atoms in total. The van der Waals surface area contributed by atoms with Crippen LogP contribution >= 0.6 is 0 Å². The molecule has 1 radical (unpaired) electrons. The van der Waals surface area contributed by atoms with E-state index in [1.54, 1.807) is 36.7 Å². The van der Waals surface area contributed by atoms with Crippen molar-refractivity contribution in [3.05, 3.63) is 96.6 Å². The van der Waals surface area contributed by atoms with Crippen LogP contribution in [0.1, 0.15) is 16.2 Å². The van der Waals surface area contributed by atoms with Crippen molar-refractivity contribution < 1.29 is 79.6 Å². The van der Waals surface area contributed by atoms with E-state index in [0.717, 1.165) is 11.4 Å². The van der Waals surface area contributed by atoms with Crippen LogP contribution in [0.4, 0.5) is 0 Å². The van der Waals surface area contributed by atoms with Gasteiger partial charge in [0.05, 0.1) is 22.8 Å². The van der Waals surface area contributed by atoms with E-state index in [0.29, 0.717) is 22.8 Å². The number of pyridine rings is 4. The molecule has 0 aliphatic rings. The second-order valence-electron chi connectivity index (χ2n) is 6.33. The topological polar surface area (TPSA) is 253 Å². The van der Waals surface area contributed by atoms with Gasteiger partial charge in [-0.3, -0.25) is 14.8 Å². The van der Waals surface area contributed by atoms with Gasteiger partial charge in [0, 0.05) is 12.4 Å². The Hall–Kier alpha value is -2.95. The van der Waals surface area contributed by atoms with Gasteiger partial charge in [-0.25, -0.2) is 47.2 Å². The first-order chi connectivity index (χ1) is 16.8. The molecule has 4 rings (SSSR count). The standard InChI is InChI=1S/C21H14N4O.2ClHO4.Cu/c26-21(19-11-5-9-17(24-19)15-7-1-3-13-22-15)20-12-6-10-18(25-20)16-8-2-4-14-23-16;2*2-1(3,4)5;/h1-14H;2*(H,2,3,4,5);/q;;;+2/p-2. The summed E-state index contributed by atoms with van der Waals surface area (Å²) in [7, 11) is -9.89. The molecule has 0 bridgehead atoms. The molecule has 197 valence electrons. The van der Waals surface area contributed by atoms with Crippen LogP contribution in [0.2, 0.25) is 0 Å². The van der Waals surface area contributed by atoms with Crippen molar-refractivity contribution in [1.29, 1.82) is 0 Å². The fraction of sp³-hybridized carbons (Fsp3) is 0. The van der Waals surface area contributed by atoms with Crippen LogP contribution < -0.4 is 37.3 Å². The molecular weight excluding hydrogens is 587 g/mol. The van der Waals surface area contributed by atoms with E-state index in [2.05, 4.69) is 19.9 Å². The average molecular weight is 601 g/mol. The quantitative estimate of drug-likeness (QED) is 0.156. The molecule has 0 atom stereocenters. The summed E-state index contributed by atoms with van der Waals surface area (Å²) in [4.78, 5) is 30.3. The summed E-state index contributed by atoms with van der Waals surface area (Å²) in [6, 6.07) is 21.8. The zero-order valence-electron chi connectivity index (χ0n) is 18.1. The first kappa shape index (κ1) is 32.1. The predicted molar refractivity (Wildman–Crippen MR) is 98.4 cm³/mol. The normalized spacial score (nSPS) is 10.6. The number of halogens is 2. The van der Waals surface area contributed by atoms with Crippen LogP contribution in [-0.2, 0) is 17.1 Å². The van der Waals surface area contributed by atoms with Crippen molar-refractivity contribution in [1.82, 2.24) is 19.9 Å². The molecule has 4 aromatic heterocycles. The van der Waals surface area contributed by atoms with E-state index in [1.807, 2.05) is 48.5 Å². The van der Waals surface area contributed by atoms with Crippen molar-refractivity contribution in [3.8, 4) is 22.8 Å². The molecule has 0 aliphatic heterocycles. The molecule has 0 fully saturated rings. The minimum Gasteiger partial charge on any atom is -0.285 e. The van der Waals surface area contributed by atoms with Gasteiger partial charge in [-0.15, -0.1) is 20.5 Å². The molecule has 4 heterocycles. The van der Waals surface area contributed by atoms with E-state index >= 15 is 0 Å². The summed E-state index contributed by atoms with van der Waals surface area (Å²) in [6.07, 6.45) is 3.40. The third-order valence-electron chi connectivity index (χ3n) is 3.82. The van der Waals surface area contributed by atoms with Gasteiger partial charge in [0.25, 0.3) is 0 Å². The minimum atomic E-state index is -4.94. The SMILES string of the molecule is O=C(c1cccc(-c2ccccn2)n1)c1cccc(-c2ccccn2)n1.[Cu+2].[O-][Cl+3]([O-])([O-])[O-].[O-][Cl+3]([O-])([O-])[O-]. The van der Waals surface area contributed by atoms with Crippen LogP contribution in [0.3, 0.4) is 0 Å². The molecule has 0 N–H and O–H groups in total. The Balaban J connectivity index is 0.000000534. The van der Waals surface area contributed by atoms with Gasteiger partial charge in [-0.1, -0.05) is 24.3 Å². The number of carbonyl (C=O) groups excluding carboxylic acids is 1. The van der Waals surface area contributed by atoms with Crippen molar-refractivity contribution in [2.75, 3.05) is 0 Å². The predicted octanol–water partition coefficient (Wildman–Crippen LogP) is -5.68. The number of nitrogens with zero attached hydrogens (tertiary/aromatic N) is 4. The zero-order valence-corrected chi connectivity index (χ0v) is 20.6. The van der Waals surface area contributed by atoms with E-state index < -0.39 is 20.5 Å². The van der Waals surface area contributed by atoms with Crippen molar-refractivity contribution in [2.45, 2.75) is 0 Å². The van der Waals surface area contributed by atoms with Crippen molar-refractivity contribution in [2.24, 2.45) is 0 Å². The summed E-state index contributed by atoms with van der Waals surface area (Å²) in [6.45, 7) is 0. The van der Waals surface area contributed by atoms with E-state index in [-0.39, 0.29) is 22.9 Å². The second kappa shape index (κ2) is 14.7. The van der Waals surface area contributed by atoms with E-state index in [4.69, 9.17) is 37.3 Å². The minimum absolute atomic E-state index is 0. The van der Waals surface area contributed by atoms with Crippen LogP contribution in [0.15, 0.2) is 85.2 Å². The molecule has 0 aromatic carbocycles. The number of aromatic nitrogens is 4. The van der Waals surface area contributed by atoms with Crippen molar-refractivity contribution in [3.63, 3.8) is 0 Å². The second-order valence-corrected chi connectivity index (χ2v) is 7.84. The van der Waals surface area contributed by atoms with Crippen molar-refractivity contribution >= 4 is 5.78 Å². The Morgan fingerprint density at radius 3 is 1.14 bits per heavy atom.